The summed E-state index contributed by atoms with van der Waals surface area (Å²) in [4.78, 5) is 20.4. The number of aromatic nitrogens is 6. The minimum atomic E-state index is 0.622. The fraction of sp³-hybridized carbons (Fsp3) is 0. The van der Waals surface area contributed by atoms with Gasteiger partial charge >= 0.3 is 0 Å². The molecule has 7 heteroatoms. The van der Waals surface area contributed by atoms with Crippen molar-refractivity contribution in [2.24, 2.45) is 0 Å². The molecule has 0 saturated carbocycles. The van der Waals surface area contributed by atoms with Crippen molar-refractivity contribution in [1.29, 1.82) is 0 Å². The van der Waals surface area contributed by atoms with Crippen LogP contribution < -0.4 is 0 Å². The van der Waals surface area contributed by atoms with E-state index in [-0.39, 0.29) is 0 Å². The Labute approximate surface area is 221 Å². The predicted molar refractivity (Wildman–Crippen MR) is 154 cm³/mol. The van der Waals surface area contributed by atoms with Gasteiger partial charge in [-0.25, -0.2) is 19.9 Å². The van der Waals surface area contributed by atoms with E-state index in [1.54, 1.807) is 0 Å². The second-order valence-corrected chi connectivity index (χ2v) is 9.54. The Morgan fingerprint density at radius 2 is 1.11 bits per heavy atom. The highest BCUT2D eigenvalue weighted by molar-refractivity contribution is 7.71. The van der Waals surface area contributed by atoms with Gasteiger partial charge in [0.05, 0.1) is 16.6 Å². The van der Waals surface area contributed by atoms with Gasteiger partial charge in [0.2, 0.25) is 0 Å². The molecule has 0 aliphatic carbocycles. The molecule has 0 amide bonds. The minimum Gasteiger partial charge on any atom is -0.284 e. The highest BCUT2D eigenvalue weighted by Crippen LogP contribution is 2.34. The number of hydrogen-bond donors (Lipinski definition) is 0. The Morgan fingerprint density at radius 3 is 1.89 bits per heavy atom. The lowest BCUT2D eigenvalue weighted by atomic mass is 10.1. The molecule has 0 radical (unpaired) electrons. The summed E-state index contributed by atoms with van der Waals surface area (Å²) in [7, 11) is 0. The first-order valence-corrected chi connectivity index (χ1v) is 12.7. The van der Waals surface area contributed by atoms with E-state index in [2.05, 4.69) is 22.6 Å². The van der Waals surface area contributed by atoms with Crippen LogP contribution >= 0.6 is 12.2 Å². The van der Waals surface area contributed by atoms with Gasteiger partial charge in [0.1, 0.15) is 15.9 Å². The molecule has 0 unspecified atom stereocenters. The van der Waals surface area contributed by atoms with Crippen LogP contribution in [0.2, 0.25) is 0 Å². The first kappa shape index (κ1) is 21.1. The molecule has 0 aliphatic rings. The largest absolute Gasteiger partial charge is 0.284 e. The van der Waals surface area contributed by atoms with Gasteiger partial charge in [-0.1, -0.05) is 97.1 Å². The average Bonchev–Trinajstić information content (AvgIpc) is 3.37. The van der Waals surface area contributed by atoms with Gasteiger partial charge < -0.3 is 0 Å². The molecule has 8 aromatic rings. The number of nitrogens with zero attached hydrogens (tertiary/aromatic N) is 6. The fourth-order valence-corrected chi connectivity index (χ4v) is 5.55. The summed E-state index contributed by atoms with van der Waals surface area (Å²) in [5, 5.41) is 0.892. The summed E-state index contributed by atoms with van der Waals surface area (Å²) in [6, 6.07) is 36.3. The normalized spacial score (nSPS) is 11.8. The van der Waals surface area contributed by atoms with Crippen molar-refractivity contribution in [2.75, 3.05) is 0 Å². The van der Waals surface area contributed by atoms with Crippen LogP contribution in [0.1, 0.15) is 0 Å². The Hall–Kier alpha value is -5.01. The van der Waals surface area contributed by atoms with Crippen LogP contribution in [-0.4, -0.2) is 28.7 Å². The van der Waals surface area contributed by atoms with Gasteiger partial charge in [0, 0.05) is 16.5 Å². The Bertz CT molecular complexity index is 2250. The van der Waals surface area contributed by atoms with Crippen molar-refractivity contribution in [3.63, 3.8) is 0 Å². The van der Waals surface area contributed by atoms with Crippen LogP contribution in [0, 0.1) is 4.64 Å². The van der Waals surface area contributed by atoms with Crippen molar-refractivity contribution < 1.29 is 0 Å². The Kier molecular flexibility index (Phi) is 4.44. The number of fused-ring (bicyclic) bond motifs is 9. The molecule has 38 heavy (non-hydrogen) atoms. The molecule has 4 aromatic heterocycles. The molecule has 0 bridgehead atoms. The van der Waals surface area contributed by atoms with Crippen molar-refractivity contribution in [3.05, 3.63) is 114 Å². The van der Waals surface area contributed by atoms with Crippen molar-refractivity contribution in [1.82, 2.24) is 28.7 Å². The van der Waals surface area contributed by atoms with Crippen LogP contribution in [-0.2, 0) is 0 Å². The SMILES string of the molecule is S=c1c2ccccc2nc2c3nc4ccccc4n3c3c(-c4ccccc4)nc(-c4ccccc4)nc3n12. The summed E-state index contributed by atoms with van der Waals surface area (Å²) in [6.07, 6.45) is 0. The average molecular weight is 507 g/mol. The third-order valence-corrected chi connectivity index (χ3v) is 7.32. The zero-order chi connectivity index (χ0) is 25.2. The predicted octanol–water partition coefficient (Wildman–Crippen LogP) is 7.30. The van der Waals surface area contributed by atoms with Crippen molar-refractivity contribution >= 4 is 56.6 Å². The molecule has 0 atom stereocenters. The van der Waals surface area contributed by atoms with E-state index in [0.717, 1.165) is 44.3 Å². The molecule has 0 aliphatic heterocycles. The minimum absolute atomic E-state index is 0.622. The fourth-order valence-electron chi connectivity index (χ4n) is 5.20. The molecule has 0 N–H and O–H groups in total. The molecular weight excluding hydrogens is 488 g/mol. The molecule has 0 fully saturated rings. The molecule has 178 valence electrons. The van der Waals surface area contributed by atoms with E-state index in [0.29, 0.717) is 27.4 Å². The van der Waals surface area contributed by atoms with Crippen LogP contribution in [0.15, 0.2) is 109 Å². The monoisotopic (exact) mass is 506 g/mol. The summed E-state index contributed by atoms with van der Waals surface area (Å²) in [5.74, 6) is 0.622. The maximum atomic E-state index is 6.11. The number of benzene rings is 4. The van der Waals surface area contributed by atoms with Crippen LogP contribution in [0.5, 0.6) is 0 Å². The third kappa shape index (κ3) is 2.96. The van der Waals surface area contributed by atoms with Crippen molar-refractivity contribution in [3.8, 4) is 22.6 Å². The van der Waals surface area contributed by atoms with E-state index < -0.39 is 0 Å². The molecule has 8 rings (SSSR count). The van der Waals surface area contributed by atoms with E-state index in [1.807, 2.05) is 95.4 Å². The summed E-state index contributed by atoms with van der Waals surface area (Å²) < 4.78 is 4.74. The zero-order valence-corrected chi connectivity index (χ0v) is 20.8. The van der Waals surface area contributed by atoms with Gasteiger partial charge in [-0.15, -0.1) is 0 Å². The topological polar surface area (TPSA) is 60.4 Å². The molecule has 0 saturated heterocycles. The first-order chi connectivity index (χ1) is 18.8. The molecule has 0 spiro atoms. The first-order valence-electron chi connectivity index (χ1n) is 12.3. The summed E-state index contributed by atoms with van der Waals surface area (Å²) in [6.45, 7) is 0. The van der Waals surface area contributed by atoms with Crippen molar-refractivity contribution in [2.45, 2.75) is 0 Å². The molecule has 4 aromatic carbocycles. The van der Waals surface area contributed by atoms with E-state index in [4.69, 9.17) is 32.2 Å². The van der Waals surface area contributed by atoms with E-state index in [9.17, 15) is 0 Å². The van der Waals surface area contributed by atoms with E-state index >= 15 is 0 Å². The number of imidazole rings is 1. The van der Waals surface area contributed by atoms with Gasteiger partial charge in [0.15, 0.2) is 22.8 Å². The maximum Gasteiger partial charge on any atom is 0.184 e. The molecule has 4 heterocycles. The van der Waals surface area contributed by atoms with Gasteiger partial charge in [0.25, 0.3) is 0 Å². The lowest BCUT2D eigenvalue weighted by Gasteiger charge is -2.15. The van der Waals surface area contributed by atoms with Crippen LogP contribution in [0.4, 0.5) is 0 Å². The Morgan fingerprint density at radius 1 is 0.500 bits per heavy atom. The van der Waals surface area contributed by atoms with Crippen LogP contribution in [0.3, 0.4) is 0 Å². The quantitative estimate of drug-likeness (QED) is 0.140. The van der Waals surface area contributed by atoms with Gasteiger partial charge in [-0.05, 0) is 24.3 Å². The molecule has 6 nitrogen and oxygen atoms in total. The summed E-state index contributed by atoms with van der Waals surface area (Å²) in [5.41, 5.74) is 8.26. The summed E-state index contributed by atoms with van der Waals surface area (Å²) >= 11 is 6.11. The lowest BCUT2D eigenvalue weighted by Crippen LogP contribution is -2.08. The van der Waals surface area contributed by atoms with Crippen LogP contribution in [0.25, 0.3) is 67.0 Å². The van der Waals surface area contributed by atoms with E-state index in [1.165, 1.54) is 0 Å². The Balaban J connectivity index is 1.71. The maximum absolute atomic E-state index is 6.11. The van der Waals surface area contributed by atoms with Gasteiger partial charge in [-0.2, -0.15) is 0 Å². The second kappa shape index (κ2) is 7.99. The smallest absolute Gasteiger partial charge is 0.184 e. The number of rotatable bonds is 2. The zero-order valence-electron chi connectivity index (χ0n) is 20.0. The highest BCUT2D eigenvalue weighted by Gasteiger charge is 2.22. The number of para-hydroxylation sites is 3. The lowest BCUT2D eigenvalue weighted by molar-refractivity contribution is 1.07. The highest BCUT2D eigenvalue weighted by atomic mass is 32.1. The number of hydrogen-bond acceptors (Lipinski definition) is 5. The third-order valence-electron chi connectivity index (χ3n) is 6.92. The molecular formula is C31H18N6S. The standard InChI is InChI=1S/C31H18N6S/c38-31-21-15-7-8-16-22(21)32-30-29-33-23-17-9-10-18-24(23)36(29)26-25(19-11-3-1-4-12-19)34-27(35-28(26)37(30)31)20-13-5-2-6-14-20/h1-18H. The second-order valence-electron chi connectivity index (χ2n) is 9.15. The van der Waals surface area contributed by atoms with Gasteiger partial charge in [-0.3, -0.25) is 8.80 Å².